The molecule has 2 aromatic rings. The first-order valence-corrected chi connectivity index (χ1v) is 7.63. The van der Waals surface area contributed by atoms with Gasteiger partial charge in [-0.05, 0) is 62.4 Å². The van der Waals surface area contributed by atoms with Gasteiger partial charge in [0.05, 0.1) is 0 Å². The van der Waals surface area contributed by atoms with E-state index in [4.69, 9.17) is 4.74 Å². The van der Waals surface area contributed by atoms with Crippen molar-refractivity contribution >= 4 is 5.97 Å². The molecule has 2 rings (SSSR count). The van der Waals surface area contributed by atoms with Crippen LogP contribution in [0.5, 0.6) is 0 Å². The normalized spacial score (nSPS) is 12.0. The van der Waals surface area contributed by atoms with Gasteiger partial charge in [0.1, 0.15) is 6.10 Å². The molecule has 0 aliphatic carbocycles. The topological polar surface area (TPSA) is 39.2 Å². The van der Waals surface area contributed by atoms with Crippen LogP contribution in [0.15, 0.2) is 36.7 Å². The van der Waals surface area contributed by atoms with Crippen LogP contribution in [0.2, 0.25) is 0 Å². The van der Waals surface area contributed by atoms with Crippen molar-refractivity contribution in [3.63, 3.8) is 0 Å². The highest BCUT2D eigenvalue weighted by Gasteiger charge is 2.16. The summed E-state index contributed by atoms with van der Waals surface area (Å²) < 4.78 is 5.60. The summed E-state index contributed by atoms with van der Waals surface area (Å²) in [6.07, 6.45) is 4.32. The number of ether oxygens (including phenoxy) is 1. The minimum Gasteiger partial charge on any atom is -0.458 e. The van der Waals surface area contributed by atoms with E-state index in [0.717, 1.165) is 11.1 Å². The predicted molar refractivity (Wildman–Crippen MR) is 87.7 cm³/mol. The van der Waals surface area contributed by atoms with Gasteiger partial charge in [-0.1, -0.05) is 23.8 Å². The molecule has 1 heterocycles. The number of nitrogens with zero attached hydrogens (tertiary/aromatic N) is 1. The summed E-state index contributed by atoms with van der Waals surface area (Å²) in [5, 5.41) is 0. The van der Waals surface area contributed by atoms with Gasteiger partial charge in [0.2, 0.25) is 0 Å². The lowest BCUT2D eigenvalue weighted by molar-refractivity contribution is -0.148. The highest BCUT2D eigenvalue weighted by molar-refractivity contribution is 5.70. The van der Waals surface area contributed by atoms with Gasteiger partial charge in [0.25, 0.3) is 0 Å². The molecule has 1 aromatic carbocycles. The van der Waals surface area contributed by atoms with Crippen molar-refractivity contribution in [2.24, 2.45) is 0 Å². The molecule has 22 heavy (non-hydrogen) atoms. The van der Waals surface area contributed by atoms with Crippen LogP contribution in [0, 0.1) is 20.8 Å². The maximum absolute atomic E-state index is 12.0. The molecule has 0 bridgehead atoms. The molecule has 0 aliphatic heterocycles. The first-order chi connectivity index (χ1) is 10.5. The third-order valence-electron chi connectivity index (χ3n) is 3.79. The molecule has 1 atom stereocenters. The van der Waals surface area contributed by atoms with Crippen LogP contribution in [0.3, 0.4) is 0 Å². The van der Waals surface area contributed by atoms with Gasteiger partial charge < -0.3 is 4.74 Å². The Morgan fingerprint density at radius 3 is 2.50 bits per heavy atom. The van der Waals surface area contributed by atoms with E-state index in [1.807, 2.05) is 19.1 Å². The minimum absolute atomic E-state index is 0.171. The van der Waals surface area contributed by atoms with Crippen molar-refractivity contribution in [2.75, 3.05) is 0 Å². The van der Waals surface area contributed by atoms with Crippen LogP contribution in [-0.4, -0.2) is 11.0 Å². The van der Waals surface area contributed by atoms with E-state index in [1.54, 1.807) is 12.4 Å². The fourth-order valence-corrected chi connectivity index (χ4v) is 2.94. The van der Waals surface area contributed by atoms with Gasteiger partial charge in [-0.25, -0.2) is 0 Å². The molecule has 116 valence electrons. The van der Waals surface area contributed by atoms with E-state index < -0.39 is 0 Å². The van der Waals surface area contributed by atoms with Crippen LogP contribution in [0.1, 0.15) is 47.3 Å². The first-order valence-electron chi connectivity index (χ1n) is 7.63. The first kappa shape index (κ1) is 16.2. The number of pyridine rings is 1. The lowest BCUT2D eigenvalue weighted by Crippen LogP contribution is -2.12. The number of aromatic nitrogens is 1. The fraction of sp³-hybridized carbons (Fsp3) is 0.368. The van der Waals surface area contributed by atoms with Crippen molar-refractivity contribution in [2.45, 2.75) is 46.6 Å². The fourth-order valence-electron chi connectivity index (χ4n) is 2.94. The summed E-state index contributed by atoms with van der Waals surface area (Å²) in [5.41, 5.74) is 5.74. The number of aryl methyl sites for hydroxylation is 4. The maximum atomic E-state index is 12.0. The highest BCUT2D eigenvalue weighted by Crippen LogP contribution is 2.26. The third-order valence-corrected chi connectivity index (χ3v) is 3.79. The SMILES string of the molecule is Cc1cc(C)c([C@@H](C)OC(=O)CCc2cccnc2)c(C)c1. The molecule has 0 N–H and O–H groups in total. The molecular formula is C19H23NO2. The second kappa shape index (κ2) is 7.21. The van der Waals surface area contributed by atoms with E-state index in [1.165, 1.54) is 16.7 Å². The molecule has 0 unspecified atom stereocenters. The van der Waals surface area contributed by atoms with Crippen molar-refractivity contribution in [3.05, 3.63) is 64.5 Å². The smallest absolute Gasteiger partial charge is 0.306 e. The molecule has 0 spiro atoms. The van der Waals surface area contributed by atoms with E-state index in [9.17, 15) is 4.79 Å². The van der Waals surface area contributed by atoms with Crippen molar-refractivity contribution in [1.82, 2.24) is 4.98 Å². The minimum atomic E-state index is -0.220. The van der Waals surface area contributed by atoms with Gasteiger partial charge in [-0.3, -0.25) is 9.78 Å². The van der Waals surface area contributed by atoms with Crippen LogP contribution < -0.4 is 0 Å². The monoisotopic (exact) mass is 297 g/mol. The number of carbonyl (C=O) groups excluding carboxylic acids is 1. The van der Waals surface area contributed by atoms with Crippen molar-refractivity contribution in [1.29, 1.82) is 0 Å². The van der Waals surface area contributed by atoms with Crippen LogP contribution >= 0.6 is 0 Å². The van der Waals surface area contributed by atoms with Crippen LogP contribution in [0.25, 0.3) is 0 Å². The summed E-state index contributed by atoms with van der Waals surface area (Å²) in [5.74, 6) is -0.171. The Morgan fingerprint density at radius 2 is 1.91 bits per heavy atom. The van der Waals surface area contributed by atoms with Gasteiger partial charge in [-0.15, -0.1) is 0 Å². The van der Waals surface area contributed by atoms with E-state index in [-0.39, 0.29) is 12.1 Å². The zero-order valence-electron chi connectivity index (χ0n) is 13.7. The third kappa shape index (κ3) is 4.17. The van der Waals surface area contributed by atoms with E-state index in [0.29, 0.717) is 12.8 Å². The summed E-state index contributed by atoms with van der Waals surface area (Å²) in [4.78, 5) is 16.1. The lowest BCUT2D eigenvalue weighted by Gasteiger charge is -2.19. The zero-order chi connectivity index (χ0) is 16.1. The van der Waals surface area contributed by atoms with Gasteiger partial charge in [0, 0.05) is 18.8 Å². The molecule has 3 nitrogen and oxygen atoms in total. The average Bonchev–Trinajstić information content (AvgIpc) is 2.45. The maximum Gasteiger partial charge on any atom is 0.306 e. The summed E-state index contributed by atoms with van der Waals surface area (Å²) in [6.45, 7) is 8.14. The second-order valence-electron chi connectivity index (χ2n) is 5.81. The Kier molecular flexibility index (Phi) is 5.31. The Balaban J connectivity index is 1.97. The Bertz CT molecular complexity index is 627. The molecule has 3 heteroatoms. The number of hydrogen-bond acceptors (Lipinski definition) is 3. The van der Waals surface area contributed by atoms with Gasteiger partial charge >= 0.3 is 5.97 Å². The average molecular weight is 297 g/mol. The van der Waals surface area contributed by atoms with Crippen molar-refractivity contribution < 1.29 is 9.53 Å². The highest BCUT2D eigenvalue weighted by atomic mass is 16.5. The lowest BCUT2D eigenvalue weighted by atomic mass is 9.96. The molecular weight excluding hydrogens is 274 g/mol. The Hall–Kier alpha value is -2.16. The summed E-state index contributed by atoms with van der Waals surface area (Å²) >= 11 is 0. The van der Waals surface area contributed by atoms with Crippen LogP contribution in [-0.2, 0) is 16.0 Å². The summed E-state index contributed by atoms with van der Waals surface area (Å²) in [7, 11) is 0. The quantitative estimate of drug-likeness (QED) is 0.775. The molecule has 0 fully saturated rings. The molecule has 0 radical (unpaired) electrons. The molecule has 0 aliphatic rings. The predicted octanol–water partition coefficient (Wildman–Crippen LogP) is 4.24. The molecule has 0 saturated carbocycles. The standard InChI is InChI=1S/C19H23NO2/c1-13-10-14(2)19(15(3)11-13)16(4)22-18(21)8-7-17-6-5-9-20-12-17/h5-6,9-12,16H,7-8H2,1-4H3/t16-/m1/s1. The van der Waals surface area contributed by atoms with E-state index in [2.05, 4.69) is 37.9 Å². The Labute approximate surface area is 132 Å². The number of rotatable bonds is 5. The number of esters is 1. The van der Waals surface area contributed by atoms with Crippen LogP contribution in [0.4, 0.5) is 0 Å². The molecule has 1 aromatic heterocycles. The Morgan fingerprint density at radius 1 is 1.23 bits per heavy atom. The van der Waals surface area contributed by atoms with Crippen molar-refractivity contribution in [3.8, 4) is 0 Å². The largest absolute Gasteiger partial charge is 0.458 e. The van der Waals surface area contributed by atoms with E-state index >= 15 is 0 Å². The number of hydrogen-bond donors (Lipinski definition) is 0. The van der Waals surface area contributed by atoms with Gasteiger partial charge in [-0.2, -0.15) is 0 Å². The summed E-state index contributed by atoms with van der Waals surface area (Å²) in [6, 6.07) is 8.10. The van der Waals surface area contributed by atoms with Gasteiger partial charge in [0.15, 0.2) is 0 Å². The molecule has 0 amide bonds. The molecule has 0 saturated heterocycles. The number of carbonyl (C=O) groups is 1. The number of benzene rings is 1. The zero-order valence-corrected chi connectivity index (χ0v) is 13.7. The second-order valence-corrected chi connectivity index (χ2v) is 5.81.